The van der Waals surface area contributed by atoms with E-state index in [0.29, 0.717) is 25.2 Å². The standard InChI is InChI=1S/C21H33N3O2.HI/c1-3-22-20(24-13-12-21(17-24)10-4-5-11-21)23-16-18-6-8-19(9-7-18)26-15-14-25-2;/h6-9H,3-5,10-17H2,1-2H3,(H,22,23);1H. The van der Waals surface area contributed by atoms with E-state index in [1.807, 2.05) is 12.1 Å². The molecule has 2 aliphatic rings. The number of hydrogen-bond acceptors (Lipinski definition) is 3. The third-order valence-electron chi connectivity index (χ3n) is 5.63. The van der Waals surface area contributed by atoms with Gasteiger partial charge in [0.25, 0.3) is 0 Å². The number of benzene rings is 1. The molecule has 1 aromatic rings. The van der Waals surface area contributed by atoms with E-state index in [0.717, 1.165) is 24.8 Å². The van der Waals surface area contributed by atoms with E-state index >= 15 is 0 Å². The van der Waals surface area contributed by atoms with Gasteiger partial charge in [-0.1, -0.05) is 25.0 Å². The SMILES string of the molecule is CCNC(=NCc1ccc(OCCOC)cc1)N1CCC2(CCCC2)C1.I. The van der Waals surface area contributed by atoms with Gasteiger partial charge >= 0.3 is 0 Å². The summed E-state index contributed by atoms with van der Waals surface area (Å²) >= 11 is 0. The molecule has 1 aromatic carbocycles. The highest BCUT2D eigenvalue weighted by Gasteiger charge is 2.41. The van der Waals surface area contributed by atoms with Gasteiger partial charge in [0, 0.05) is 26.7 Å². The minimum atomic E-state index is 0. The fourth-order valence-corrected chi connectivity index (χ4v) is 4.17. The van der Waals surface area contributed by atoms with Crippen molar-refractivity contribution in [1.82, 2.24) is 10.2 Å². The number of aliphatic imine (C=N–C) groups is 1. The second kappa shape index (κ2) is 11.1. The van der Waals surface area contributed by atoms with Crippen molar-refractivity contribution in [2.45, 2.75) is 45.6 Å². The molecular weight excluding hydrogens is 453 g/mol. The maximum Gasteiger partial charge on any atom is 0.194 e. The number of halogens is 1. The van der Waals surface area contributed by atoms with E-state index in [9.17, 15) is 0 Å². The molecule has 0 unspecified atom stereocenters. The molecule has 1 saturated heterocycles. The Kier molecular flexibility index (Phi) is 9.15. The Balaban J connectivity index is 0.00000261. The maximum absolute atomic E-state index is 5.62. The van der Waals surface area contributed by atoms with Crippen LogP contribution in [0.25, 0.3) is 0 Å². The van der Waals surface area contributed by atoms with Crippen LogP contribution in [-0.4, -0.2) is 50.8 Å². The molecule has 3 rings (SSSR count). The van der Waals surface area contributed by atoms with Gasteiger partial charge in [0.05, 0.1) is 13.2 Å². The first-order chi connectivity index (χ1) is 12.7. The fraction of sp³-hybridized carbons (Fsp3) is 0.667. The first kappa shape index (κ1) is 22.3. The summed E-state index contributed by atoms with van der Waals surface area (Å²) in [6.45, 7) is 7.25. The van der Waals surface area contributed by atoms with E-state index < -0.39 is 0 Å². The smallest absolute Gasteiger partial charge is 0.194 e. The third kappa shape index (κ3) is 6.24. The molecule has 0 bridgehead atoms. The zero-order chi connectivity index (χ0) is 18.2. The maximum atomic E-state index is 5.62. The average molecular weight is 487 g/mol. The Morgan fingerprint density at radius 2 is 1.89 bits per heavy atom. The number of ether oxygens (including phenoxy) is 2. The molecule has 0 aromatic heterocycles. The molecule has 1 saturated carbocycles. The second-order valence-electron chi connectivity index (χ2n) is 7.53. The van der Waals surface area contributed by atoms with Gasteiger partial charge in [0.15, 0.2) is 5.96 Å². The largest absolute Gasteiger partial charge is 0.491 e. The summed E-state index contributed by atoms with van der Waals surface area (Å²) in [5.74, 6) is 1.95. The van der Waals surface area contributed by atoms with Gasteiger partial charge in [-0.05, 0) is 49.3 Å². The van der Waals surface area contributed by atoms with Gasteiger partial charge in [-0.2, -0.15) is 0 Å². The van der Waals surface area contributed by atoms with E-state index in [1.165, 1.54) is 44.2 Å². The molecule has 0 atom stereocenters. The van der Waals surface area contributed by atoms with E-state index in [-0.39, 0.29) is 24.0 Å². The first-order valence-corrected chi connectivity index (χ1v) is 9.99. The Morgan fingerprint density at radius 3 is 2.56 bits per heavy atom. The molecule has 5 nitrogen and oxygen atoms in total. The molecule has 1 spiro atoms. The molecule has 6 heteroatoms. The van der Waals surface area contributed by atoms with Gasteiger partial charge in [-0.3, -0.25) is 0 Å². The van der Waals surface area contributed by atoms with Gasteiger partial charge in [-0.15, -0.1) is 24.0 Å². The number of methoxy groups -OCH3 is 1. The van der Waals surface area contributed by atoms with Crippen LogP contribution in [0, 0.1) is 5.41 Å². The van der Waals surface area contributed by atoms with Crippen LogP contribution in [0.2, 0.25) is 0 Å². The Bertz CT molecular complexity index is 586. The first-order valence-electron chi connectivity index (χ1n) is 9.99. The lowest BCUT2D eigenvalue weighted by Crippen LogP contribution is -2.41. The molecule has 152 valence electrons. The molecule has 2 fully saturated rings. The summed E-state index contributed by atoms with van der Waals surface area (Å²) in [4.78, 5) is 7.37. The number of nitrogens with zero attached hydrogens (tertiary/aromatic N) is 2. The predicted molar refractivity (Wildman–Crippen MR) is 121 cm³/mol. The summed E-state index contributed by atoms with van der Waals surface area (Å²) < 4.78 is 10.6. The summed E-state index contributed by atoms with van der Waals surface area (Å²) in [7, 11) is 1.68. The molecule has 0 radical (unpaired) electrons. The molecule has 1 aliphatic heterocycles. The van der Waals surface area contributed by atoms with Crippen LogP contribution in [0.4, 0.5) is 0 Å². The number of rotatable bonds is 7. The van der Waals surface area contributed by atoms with E-state index in [1.54, 1.807) is 7.11 Å². The van der Waals surface area contributed by atoms with Gasteiger partial charge in [0.1, 0.15) is 12.4 Å². The number of nitrogens with one attached hydrogen (secondary N) is 1. The molecule has 0 amide bonds. The normalized spacial score (nSPS) is 18.6. The van der Waals surface area contributed by atoms with Crippen LogP contribution in [0.5, 0.6) is 5.75 Å². The van der Waals surface area contributed by atoms with Gasteiger partial charge < -0.3 is 19.7 Å². The van der Waals surface area contributed by atoms with Crippen LogP contribution in [0.15, 0.2) is 29.3 Å². The van der Waals surface area contributed by atoms with Crippen LogP contribution < -0.4 is 10.1 Å². The summed E-state index contributed by atoms with van der Waals surface area (Å²) in [5.41, 5.74) is 1.77. The fourth-order valence-electron chi connectivity index (χ4n) is 4.17. The van der Waals surface area contributed by atoms with Crippen LogP contribution in [0.1, 0.15) is 44.6 Å². The highest BCUT2D eigenvalue weighted by molar-refractivity contribution is 14.0. The Hall–Kier alpha value is -1.02. The van der Waals surface area contributed by atoms with Crippen molar-refractivity contribution in [2.24, 2.45) is 10.4 Å². The van der Waals surface area contributed by atoms with Crippen LogP contribution in [-0.2, 0) is 11.3 Å². The minimum Gasteiger partial charge on any atom is -0.491 e. The lowest BCUT2D eigenvalue weighted by atomic mass is 9.86. The number of hydrogen-bond donors (Lipinski definition) is 1. The molecule has 1 heterocycles. The quantitative estimate of drug-likeness (QED) is 0.273. The Labute approximate surface area is 180 Å². The summed E-state index contributed by atoms with van der Waals surface area (Å²) in [6, 6.07) is 8.21. The van der Waals surface area contributed by atoms with Gasteiger partial charge in [-0.25, -0.2) is 4.99 Å². The summed E-state index contributed by atoms with van der Waals surface area (Å²) in [5, 5.41) is 3.48. The van der Waals surface area contributed by atoms with E-state index in [2.05, 4.69) is 29.3 Å². The monoisotopic (exact) mass is 487 g/mol. The van der Waals surface area contributed by atoms with Crippen LogP contribution in [0.3, 0.4) is 0 Å². The van der Waals surface area contributed by atoms with Crippen molar-refractivity contribution < 1.29 is 9.47 Å². The molecule has 1 N–H and O–H groups in total. The van der Waals surface area contributed by atoms with Gasteiger partial charge in [0.2, 0.25) is 0 Å². The van der Waals surface area contributed by atoms with E-state index in [4.69, 9.17) is 14.5 Å². The highest BCUT2D eigenvalue weighted by Crippen LogP contribution is 2.45. The molecule has 27 heavy (non-hydrogen) atoms. The average Bonchev–Trinajstić information content (AvgIpc) is 3.30. The predicted octanol–water partition coefficient (Wildman–Crippen LogP) is 4.06. The summed E-state index contributed by atoms with van der Waals surface area (Å²) in [6.07, 6.45) is 6.92. The molecular formula is C21H34IN3O2. The third-order valence-corrected chi connectivity index (χ3v) is 5.63. The lowest BCUT2D eigenvalue weighted by molar-refractivity contribution is 0.146. The van der Waals surface area contributed by atoms with Crippen molar-refractivity contribution in [3.8, 4) is 5.75 Å². The van der Waals surface area contributed by atoms with Crippen molar-refractivity contribution in [3.63, 3.8) is 0 Å². The van der Waals surface area contributed by atoms with Crippen LogP contribution >= 0.6 is 24.0 Å². The van der Waals surface area contributed by atoms with Crippen molar-refractivity contribution >= 4 is 29.9 Å². The van der Waals surface area contributed by atoms with Crippen molar-refractivity contribution in [2.75, 3.05) is 40.0 Å². The lowest BCUT2D eigenvalue weighted by Gasteiger charge is -2.26. The zero-order valence-corrected chi connectivity index (χ0v) is 19.0. The highest BCUT2D eigenvalue weighted by atomic mass is 127. The molecule has 1 aliphatic carbocycles. The van der Waals surface area contributed by atoms with Crippen molar-refractivity contribution in [3.05, 3.63) is 29.8 Å². The Morgan fingerprint density at radius 1 is 1.15 bits per heavy atom. The number of likely N-dealkylation sites (tertiary alicyclic amines) is 1. The minimum absolute atomic E-state index is 0. The zero-order valence-electron chi connectivity index (χ0n) is 16.7. The van der Waals surface area contributed by atoms with Crippen molar-refractivity contribution in [1.29, 1.82) is 0 Å². The number of guanidine groups is 1. The second-order valence-corrected chi connectivity index (χ2v) is 7.53. The topological polar surface area (TPSA) is 46.1 Å².